The van der Waals surface area contributed by atoms with Crippen molar-refractivity contribution in [3.8, 4) is 0 Å². The van der Waals surface area contributed by atoms with Crippen molar-refractivity contribution >= 4 is 23.2 Å². The fourth-order valence-corrected chi connectivity index (χ4v) is 3.37. The molecule has 1 atom stereocenters. The minimum absolute atomic E-state index is 0.140. The molecule has 3 aromatic rings. The van der Waals surface area contributed by atoms with Crippen LogP contribution < -0.4 is 10.6 Å². The molecule has 2 aromatic heterocycles. The summed E-state index contributed by atoms with van der Waals surface area (Å²) in [7, 11) is 0. The highest BCUT2D eigenvalue weighted by molar-refractivity contribution is 5.85. The number of carbonyl (C=O) groups is 1. The quantitative estimate of drug-likeness (QED) is 0.716. The third kappa shape index (κ3) is 4.03. The van der Waals surface area contributed by atoms with Gasteiger partial charge in [0.2, 0.25) is 0 Å². The number of anilines is 2. The lowest BCUT2D eigenvalue weighted by atomic mass is 9.87. The first kappa shape index (κ1) is 18.1. The number of fused-ring (bicyclic) bond motifs is 2. The number of aromatic nitrogens is 5. The number of tetrazole rings is 1. The molecule has 2 heterocycles. The Balaban J connectivity index is 1.50. The normalized spacial score (nSPS) is 16.5. The van der Waals surface area contributed by atoms with Gasteiger partial charge in [-0.15, -0.1) is 14.8 Å². The van der Waals surface area contributed by atoms with Crippen LogP contribution in [0.15, 0.2) is 30.3 Å². The van der Waals surface area contributed by atoms with Crippen molar-refractivity contribution < 1.29 is 9.53 Å². The van der Waals surface area contributed by atoms with Crippen LogP contribution in [0.5, 0.6) is 0 Å². The van der Waals surface area contributed by atoms with Crippen LogP contribution in [0.4, 0.5) is 16.3 Å². The molecule has 0 radical (unpaired) electrons. The molecular weight excluding hydrogens is 358 g/mol. The molecule has 28 heavy (non-hydrogen) atoms. The maximum atomic E-state index is 12.0. The number of ether oxygens (including phenoxy) is 1. The number of nitrogens with zero attached hydrogens (tertiary/aromatic N) is 5. The van der Waals surface area contributed by atoms with E-state index in [9.17, 15) is 4.79 Å². The maximum Gasteiger partial charge on any atom is 0.412 e. The van der Waals surface area contributed by atoms with Crippen molar-refractivity contribution in [2.75, 3.05) is 10.6 Å². The molecule has 0 fully saturated rings. The van der Waals surface area contributed by atoms with Crippen molar-refractivity contribution in [3.63, 3.8) is 0 Å². The molecule has 0 spiro atoms. The standard InChI is InChI=1S/C19H23N7O2/c1-19(2,3)28-18(27)20-13-7-8-14-12(11-13)5-4-6-15(14)21-16-9-10-17-22-24-25-26(17)23-16/h7-11,15H,4-6H2,1-3H3,(H,20,27)(H,21,23). The molecule has 1 aliphatic carbocycles. The number of nitrogens with one attached hydrogen (secondary N) is 2. The monoisotopic (exact) mass is 381 g/mol. The zero-order valence-electron chi connectivity index (χ0n) is 16.1. The third-order valence-corrected chi connectivity index (χ3v) is 4.49. The van der Waals surface area contributed by atoms with E-state index < -0.39 is 11.7 Å². The van der Waals surface area contributed by atoms with Gasteiger partial charge in [-0.1, -0.05) is 6.07 Å². The van der Waals surface area contributed by atoms with Gasteiger partial charge in [0.15, 0.2) is 5.65 Å². The average Bonchev–Trinajstić information content (AvgIpc) is 3.08. The summed E-state index contributed by atoms with van der Waals surface area (Å²) < 4.78 is 6.73. The van der Waals surface area contributed by atoms with Gasteiger partial charge in [0, 0.05) is 5.69 Å². The van der Waals surface area contributed by atoms with E-state index in [4.69, 9.17) is 4.74 Å². The van der Waals surface area contributed by atoms with Gasteiger partial charge in [0.1, 0.15) is 11.4 Å². The average molecular weight is 381 g/mol. The molecular formula is C19H23N7O2. The number of benzene rings is 1. The second kappa shape index (κ2) is 7.06. The molecule has 0 bridgehead atoms. The highest BCUT2D eigenvalue weighted by Gasteiger charge is 2.22. The summed E-state index contributed by atoms with van der Waals surface area (Å²) in [6.45, 7) is 5.53. The van der Waals surface area contributed by atoms with Crippen LogP contribution in [0.2, 0.25) is 0 Å². The van der Waals surface area contributed by atoms with E-state index in [-0.39, 0.29) is 6.04 Å². The van der Waals surface area contributed by atoms with E-state index in [1.807, 2.05) is 45.0 Å². The fraction of sp³-hybridized carbons (Fsp3) is 0.421. The van der Waals surface area contributed by atoms with E-state index in [0.717, 1.165) is 24.9 Å². The molecule has 1 aromatic carbocycles. The Hall–Kier alpha value is -3.23. The Morgan fingerprint density at radius 2 is 2.11 bits per heavy atom. The Kier molecular flexibility index (Phi) is 4.58. The van der Waals surface area contributed by atoms with Gasteiger partial charge in [-0.25, -0.2) is 4.79 Å². The zero-order valence-corrected chi connectivity index (χ0v) is 16.1. The van der Waals surface area contributed by atoms with Crippen LogP contribution >= 0.6 is 0 Å². The van der Waals surface area contributed by atoms with Crippen LogP contribution in [-0.2, 0) is 11.2 Å². The van der Waals surface area contributed by atoms with Crippen molar-refractivity contribution in [2.45, 2.75) is 51.7 Å². The van der Waals surface area contributed by atoms with Crippen LogP contribution in [-0.4, -0.2) is 36.9 Å². The minimum Gasteiger partial charge on any atom is -0.444 e. The molecule has 1 unspecified atom stereocenters. The summed E-state index contributed by atoms with van der Waals surface area (Å²) in [5, 5.41) is 22.0. The van der Waals surface area contributed by atoms with Crippen molar-refractivity contribution in [1.29, 1.82) is 0 Å². The number of amides is 1. The molecule has 146 valence electrons. The Labute approximate surface area is 162 Å². The van der Waals surface area contributed by atoms with Crippen molar-refractivity contribution in [1.82, 2.24) is 25.3 Å². The SMILES string of the molecule is CC(C)(C)OC(=O)Nc1ccc2c(c1)CCCC2Nc1ccc2nnnn2n1. The summed E-state index contributed by atoms with van der Waals surface area (Å²) in [5.41, 5.74) is 3.23. The summed E-state index contributed by atoms with van der Waals surface area (Å²) in [5.74, 6) is 0.716. The molecule has 9 nitrogen and oxygen atoms in total. The van der Waals surface area contributed by atoms with E-state index in [0.29, 0.717) is 11.5 Å². The maximum absolute atomic E-state index is 12.0. The Morgan fingerprint density at radius 1 is 1.25 bits per heavy atom. The lowest BCUT2D eigenvalue weighted by Crippen LogP contribution is -2.27. The largest absolute Gasteiger partial charge is 0.444 e. The van der Waals surface area contributed by atoms with Gasteiger partial charge in [0.05, 0.1) is 6.04 Å². The topological polar surface area (TPSA) is 106 Å². The smallest absolute Gasteiger partial charge is 0.412 e. The van der Waals surface area contributed by atoms with Crippen LogP contribution in [0.1, 0.15) is 50.8 Å². The molecule has 4 rings (SSSR count). The first-order valence-electron chi connectivity index (χ1n) is 9.32. The highest BCUT2D eigenvalue weighted by atomic mass is 16.6. The van der Waals surface area contributed by atoms with Gasteiger partial charge in [-0.05, 0) is 85.9 Å². The van der Waals surface area contributed by atoms with E-state index in [1.54, 1.807) is 0 Å². The second-order valence-corrected chi connectivity index (χ2v) is 7.87. The lowest BCUT2D eigenvalue weighted by Gasteiger charge is -2.27. The van der Waals surface area contributed by atoms with Gasteiger partial charge >= 0.3 is 6.09 Å². The Bertz CT molecular complexity index is 1010. The van der Waals surface area contributed by atoms with Crippen LogP contribution in [0.25, 0.3) is 5.65 Å². The van der Waals surface area contributed by atoms with E-state index in [2.05, 4.69) is 37.3 Å². The summed E-state index contributed by atoms with van der Waals surface area (Å²) in [4.78, 5) is 12.0. The molecule has 0 saturated heterocycles. The van der Waals surface area contributed by atoms with Gasteiger partial charge in [-0.2, -0.15) is 0 Å². The highest BCUT2D eigenvalue weighted by Crippen LogP contribution is 2.33. The fourth-order valence-electron chi connectivity index (χ4n) is 3.37. The molecule has 9 heteroatoms. The minimum atomic E-state index is -0.527. The second-order valence-electron chi connectivity index (χ2n) is 7.87. The molecule has 1 amide bonds. The molecule has 2 N–H and O–H groups in total. The Morgan fingerprint density at radius 3 is 2.93 bits per heavy atom. The number of rotatable bonds is 3. The zero-order chi connectivity index (χ0) is 19.7. The molecule has 1 aliphatic rings. The molecule has 0 saturated carbocycles. The van der Waals surface area contributed by atoms with Crippen molar-refractivity contribution in [3.05, 3.63) is 41.5 Å². The molecule has 0 aliphatic heterocycles. The summed E-state index contributed by atoms with van der Waals surface area (Å²) in [6.07, 6.45) is 2.57. The predicted octanol–water partition coefficient (Wildman–Crippen LogP) is 3.36. The summed E-state index contributed by atoms with van der Waals surface area (Å²) in [6, 6.07) is 9.81. The van der Waals surface area contributed by atoms with Gasteiger partial charge < -0.3 is 10.1 Å². The predicted molar refractivity (Wildman–Crippen MR) is 104 cm³/mol. The lowest BCUT2D eigenvalue weighted by molar-refractivity contribution is 0.0636. The number of carbonyl (C=O) groups excluding carboxylic acids is 1. The van der Waals surface area contributed by atoms with E-state index in [1.165, 1.54) is 15.8 Å². The number of aryl methyl sites for hydroxylation is 1. The first-order valence-corrected chi connectivity index (χ1v) is 9.32. The number of hydrogen-bond donors (Lipinski definition) is 2. The van der Waals surface area contributed by atoms with Crippen LogP contribution in [0.3, 0.4) is 0 Å². The van der Waals surface area contributed by atoms with Gasteiger partial charge in [-0.3, -0.25) is 5.32 Å². The van der Waals surface area contributed by atoms with Crippen molar-refractivity contribution in [2.24, 2.45) is 0 Å². The summed E-state index contributed by atoms with van der Waals surface area (Å²) >= 11 is 0. The van der Waals surface area contributed by atoms with E-state index >= 15 is 0 Å². The van der Waals surface area contributed by atoms with Gasteiger partial charge in [0.25, 0.3) is 0 Å². The third-order valence-electron chi connectivity index (χ3n) is 4.49. The number of hydrogen-bond acceptors (Lipinski definition) is 7. The van der Waals surface area contributed by atoms with Crippen LogP contribution in [0, 0.1) is 0 Å². The first-order chi connectivity index (χ1) is 13.4.